The zero-order valence-corrected chi connectivity index (χ0v) is 9.79. The molecule has 0 aliphatic heterocycles. The number of benzene rings is 1. The monoisotopic (exact) mass is 208 g/mol. The summed E-state index contributed by atoms with van der Waals surface area (Å²) in [6, 6.07) is 6.11. The van der Waals surface area contributed by atoms with Crippen molar-refractivity contribution in [2.45, 2.75) is 32.8 Å². The van der Waals surface area contributed by atoms with Crippen molar-refractivity contribution in [1.29, 1.82) is 0 Å². The maximum atomic E-state index is 10.1. The van der Waals surface area contributed by atoms with Gasteiger partial charge in [0.1, 0.15) is 0 Å². The van der Waals surface area contributed by atoms with Crippen molar-refractivity contribution < 1.29 is 9.84 Å². The SMILES string of the molecule is COCCCC(O)c1c(C)cccc1C. The van der Waals surface area contributed by atoms with Crippen molar-refractivity contribution in [2.75, 3.05) is 13.7 Å². The van der Waals surface area contributed by atoms with Gasteiger partial charge in [0.2, 0.25) is 0 Å². The second-order valence-corrected chi connectivity index (χ2v) is 3.96. The normalized spacial score (nSPS) is 12.8. The Hall–Kier alpha value is -0.860. The van der Waals surface area contributed by atoms with Gasteiger partial charge in [-0.15, -0.1) is 0 Å². The summed E-state index contributed by atoms with van der Waals surface area (Å²) in [4.78, 5) is 0. The molecular weight excluding hydrogens is 188 g/mol. The van der Waals surface area contributed by atoms with E-state index in [9.17, 15) is 5.11 Å². The number of aliphatic hydroxyl groups excluding tert-OH is 1. The highest BCUT2D eigenvalue weighted by atomic mass is 16.5. The predicted molar refractivity (Wildman–Crippen MR) is 62.0 cm³/mol. The van der Waals surface area contributed by atoms with Gasteiger partial charge < -0.3 is 9.84 Å². The fourth-order valence-corrected chi connectivity index (χ4v) is 1.92. The fourth-order valence-electron chi connectivity index (χ4n) is 1.92. The Bertz CT molecular complexity index is 287. The molecule has 2 heteroatoms. The number of methoxy groups -OCH3 is 1. The van der Waals surface area contributed by atoms with Gasteiger partial charge >= 0.3 is 0 Å². The number of aliphatic hydroxyl groups is 1. The molecule has 0 spiro atoms. The van der Waals surface area contributed by atoms with Gasteiger partial charge in [0, 0.05) is 13.7 Å². The maximum Gasteiger partial charge on any atom is 0.0796 e. The van der Waals surface area contributed by atoms with Crippen LogP contribution in [0.3, 0.4) is 0 Å². The molecule has 0 saturated heterocycles. The molecule has 0 heterocycles. The number of rotatable bonds is 5. The van der Waals surface area contributed by atoms with Crippen LogP contribution in [0.15, 0.2) is 18.2 Å². The first-order valence-corrected chi connectivity index (χ1v) is 5.40. The number of aryl methyl sites for hydroxylation is 2. The van der Waals surface area contributed by atoms with Crippen LogP contribution in [0.4, 0.5) is 0 Å². The Morgan fingerprint density at radius 3 is 2.40 bits per heavy atom. The molecule has 0 aliphatic rings. The molecular formula is C13H20O2. The van der Waals surface area contributed by atoms with Crippen LogP contribution in [0.25, 0.3) is 0 Å². The van der Waals surface area contributed by atoms with E-state index in [1.165, 1.54) is 11.1 Å². The van der Waals surface area contributed by atoms with E-state index in [1.807, 2.05) is 32.0 Å². The van der Waals surface area contributed by atoms with Gasteiger partial charge in [-0.25, -0.2) is 0 Å². The highest BCUT2D eigenvalue weighted by Gasteiger charge is 2.12. The van der Waals surface area contributed by atoms with Gasteiger partial charge in [0.15, 0.2) is 0 Å². The molecule has 0 saturated carbocycles. The van der Waals surface area contributed by atoms with E-state index in [4.69, 9.17) is 4.74 Å². The molecule has 0 amide bonds. The highest BCUT2D eigenvalue weighted by Crippen LogP contribution is 2.25. The van der Waals surface area contributed by atoms with Crippen LogP contribution >= 0.6 is 0 Å². The van der Waals surface area contributed by atoms with Crippen molar-refractivity contribution in [3.8, 4) is 0 Å². The molecule has 0 aromatic heterocycles. The van der Waals surface area contributed by atoms with Crippen LogP contribution in [0.2, 0.25) is 0 Å². The smallest absolute Gasteiger partial charge is 0.0796 e. The van der Waals surface area contributed by atoms with E-state index in [1.54, 1.807) is 7.11 Å². The number of ether oxygens (including phenoxy) is 1. The summed E-state index contributed by atoms with van der Waals surface area (Å²) in [7, 11) is 1.69. The summed E-state index contributed by atoms with van der Waals surface area (Å²) in [5.41, 5.74) is 3.41. The molecule has 1 N–H and O–H groups in total. The molecule has 2 nitrogen and oxygen atoms in total. The average Bonchev–Trinajstić information content (AvgIpc) is 2.18. The Labute approximate surface area is 91.9 Å². The van der Waals surface area contributed by atoms with Gasteiger partial charge in [0.25, 0.3) is 0 Å². The number of hydrogen-bond acceptors (Lipinski definition) is 2. The lowest BCUT2D eigenvalue weighted by atomic mass is 9.95. The van der Waals surface area contributed by atoms with Crippen LogP contribution in [0, 0.1) is 13.8 Å². The Balaban J connectivity index is 2.68. The largest absolute Gasteiger partial charge is 0.388 e. The van der Waals surface area contributed by atoms with Crippen molar-refractivity contribution in [3.63, 3.8) is 0 Å². The van der Waals surface area contributed by atoms with Crippen molar-refractivity contribution in [2.24, 2.45) is 0 Å². The van der Waals surface area contributed by atoms with Gasteiger partial charge in [-0.1, -0.05) is 18.2 Å². The van der Waals surface area contributed by atoms with Gasteiger partial charge in [-0.3, -0.25) is 0 Å². The number of hydrogen-bond donors (Lipinski definition) is 1. The summed E-state index contributed by atoms with van der Waals surface area (Å²) in [6.45, 7) is 4.80. The molecule has 84 valence electrons. The molecule has 0 fully saturated rings. The topological polar surface area (TPSA) is 29.5 Å². The lowest BCUT2D eigenvalue weighted by Gasteiger charge is -2.16. The van der Waals surface area contributed by atoms with Crippen molar-refractivity contribution >= 4 is 0 Å². The third-order valence-electron chi connectivity index (χ3n) is 2.70. The van der Waals surface area contributed by atoms with Gasteiger partial charge in [0.05, 0.1) is 6.10 Å². The molecule has 0 aliphatic carbocycles. The summed E-state index contributed by atoms with van der Waals surface area (Å²) >= 11 is 0. The van der Waals surface area contributed by atoms with Crippen LogP contribution in [0.1, 0.15) is 35.6 Å². The summed E-state index contributed by atoms with van der Waals surface area (Å²) in [5.74, 6) is 0. The summed E-state index contributed by atoms with van der Waals surface area (Å²) in [6.07, 6.45) is 1.30. The predicted octanol–water partition coefficient (Wildman–Crippen LogP) is 2.76. The molecule has 1 unspecified atom stereocenters. The molecule has 1 aromatic carbocycles. The van der Waals surface area contributed by atoms with E-state index >= 15 is 0 Å². The maximum absolute atomic E-state index is 10.1. The Morgan fingerprint density at radius 2 is 1.87 bits per heavy atom. The van der Waals surface area contributed by atoms with Crippen LogP contribution in [0.5, 0.6) is 0 Å². The quantitative estimate of drug-likeness (QED) is 0.754. The van der Waals surface area contributed by atoms with E-state index in [0.717, 1.165) is 18.4 Å². The molecule has 0 radical (unpaired) electrons. The molecule has 0 bridgehead atoms. The van der Waals surface area contributed by atoms with E-state index in [2.05, 4.69) is 0 Å². The second kappa shape index (κ2) is 5.89. The lowest BCUT2D eigenvalue weighted by Crippen LogP contribution is -2.04. The first-order valence-electron chi connectivity index (χ1n) is 5.40. The van der Waals surface area contributed by atoms with Crippen LogP contribution < -0.4 is 0 Å². The third kappa shape index (κ3) is 3.33. The molecule has 1 aromatic rings. The zero-order chi connectivity index (χ0) is 11.3. The molecule has 15 heavy (non-hydrogen) atoms. The van der Waals surface area contributed by atoms with Crippen LogP contribution in [-0.2, 0) is 4.74 Å². The average molecular weight is 208 g/mol. The standard InChI is InChI=1S/C13H20O2/c1-10-6-4-7-11(2)13(10)12(14)8-5-9-15-3/h4,6-7,12,14H,5,8-9H2,1-3H3. The highest BCUT2D eigenvalue weighted by molar-refractivity contribution is 5.35. The first kappa shape index (κ1) is 12.2. The minimum absolute atomic E-state index is 0.360. The van der Waals surface area contributed by atoms with E-state index in [0.29, 0.717) is 6.61 Å². The second-order valence-electron chi connectivity index (χ2n) is 3.96. The zero-order valence-electron chi connectivity index (χ0n) is 9.79. The first-order chi connectivity index (χ1) is 7.16. The Morgan fingerprint density at radius 1 is 1.27 bits per heavy atom. The fraction of sp³-hybridized carbons (Fsp3) is 0.538. The summed E-state index contributed by atoms with van der Waals surface area (Å²) < 4.78 is 4.98. The van der Waals surface area contributed by atoms with Crippen molar-refractivity contribution in [1.82, 2.24) is 0 Å². The summed E-state index contributed by atoms with van der Waals surface area (Å²) in [5, 5.41) is 10.1. The third-order valence-corrected chi connectivity index (χ3v) is 2.70. The van der Waals surface area contributed by atoms with Gasteiger partial charge in [-0.2, -0.15) is 0 Å². The Kier molecular flexibility index (Phi) is 4.79. The van der Waals surface area contributed by atoms with Crippen molar-refractivity contribution in [3.05, 3.63) is 34.9 Å². The van der Waals surface area contributed by atoms with Gasteiger partial charge in [-0.05, 0) is 43.4 Å². The van der Waals surface area contributed by atoms with Crippen LogP contribution in [-0.4, -0.2) is 18.8 Å². The van der Waals surface area contributed by atoms with E-state index < -0.39 is 0 Å². The molecule has 1 atom stereocenters. The minimum atomic E-state index is -0.360. The minimum Gasteiger partial charge on any atom is -0.388 e. The molecule has 1 rings (SSSR count). The van der Waals surface area contributed by atoms with E-state index in [-0.39, 0.29) is 6.10 Å². The lowest BCUT2D eigenvalue weighted by molar-refractivity contribution is 0.135.